The van der Waals surface area contributed by atoms with E-state index in [9.17, 15) is 4.79 Å². The minimum Gasteiger partial charge on any atom is -0.481 e. The van der Waals surface area contributed by atoms with Gasteiger partial charge < -0.3 is 5.11 Å². The van der Waals surface area contributed by atoms with Crippen molar-refractivity contribution in [2.24, 2.45) is 11.3 Å². The van der Waals surface area contributed by atoms with Gasteiger partial charge in [0, 0.05) is 12.6 Å². The lowest BCUT2D eigenvalue weighted by molar-refractivity contribution is -0.142. The molecule has 1 saturated carbocycles. The summed E-state index contributed by atoms with van der Waals surface area (Å²) in [4.78, 5) is 13.3. The first-order valence-electron chi connectivity index (χ1n) is 6.85. The summed E-state index contributed by atoms with van der Waals surface area (Å²) in [5.74, 6) is -0.954. The zero-order valence-electron chi connectivity index (χ0n) is 11.7. The van der Waals surface area contributed by atoms with Crippen molar-refractivity contribution < 1.29 is 9.90 Å². The number of hydrogen-bond donors (Lipinski definition) is 1. The SMILES string of the molecule is CCN(CC(C)C(=O)O)C1CCCCC1(C)C. The van der Waals surface area contributed by atoms with Crippen LogP contribution in [0.25, 0.3) is 0 Å². The fourth-order valence-electron chi connectivity index (χ4n) is 3.06. The quantitative estimate of drug-likeness (QED) is 0.804. The largest absolute Gasteiger partial charge is 0.481 e. The lowest BCUT2D eigenvalue weighted by Crippen LogP contribution is -2.49. The highest BCUT2D eigenvalue weighted by molar-refractivity contribution is 5.69. The molecule has 0 aromatic carbocycles. The van der Waals surface area contributed by atoms with Crippen LogP contribution in [0.4, 0.5) is 0 Å². The van der Waals surface area contributed by atoms with Gasteiger partial charge in [0.1, 0.15) is 0 Å². The Kier molecular flexibility index (Phi) is 4.99. The van der Waals surface area contributed by atoms with Crippen LogP contribution < -0.4 is 0 Å². The molecule has 0 saturated heterocycles. The molecule has 2 unspecified atom stereocenters. The van der Waals surface area contributed by atoms with Crippen LogP contribution in [0.15, 0.2) is 0 Å². The molecule has 100 valence electrons. The zero-order chi connectivity index (χ0) is 13.1. The van der Waals surface area contributed by atoms with E-state index in [-0.39, 0.29) is 5.92 Å². The maximum absolute atomic E-state index is 11.0. The molecule has 2 atom stereocenters. The number of carboxylic acids is 1. The maximum atomic E-state index is 11.0. The molecule has 0 heterocycles. The highest BCUT2D eigenvalue weighted by atomic mass is 16.4. The van der Waals surface area contributed by atoms with E-state index in [1.807, 2.05) is 0 Å². The van der Waals surface area contributed by atoms with Crippen molar-refractivity contribution in [3.8, 4) is 0 Å². The molecule has 17 heavy (non-hydrogen) atoms. The van der Waals surface area contributed by atoms with Crippen molar-refractivity contribution in [1.29, 1.82) is 0 Å². The van der Waals surface area contributed by atoms with Crippen LogP contribution in [0.1, 0.15) is 53.4 Å². The summed E-state index contributed by atoms with van der Waals surface area (Å²) in [5, 5.41) is 9.03. The van der Waals surface area contributed by atoms with Gasteiger partial charge in [-0.15, -0.1) is 0 Å². The Labute approximate surface area is 105 Å². The van der Waals surface area contributed by atoms with Gasteiger partial charge >= 0.3 is 5.97 Å². The van der Waals surface area contributed by atoms with Gasteiger partial charge in [-0.05, 0) is 24.8 Å². The second kappa shape index (κ2) is 5.85. The van der Waals surface area contributed by atoms with E-state index in [4.69, 9.17) is 5.11 Å². The Hall–Kier alpha value is -0.570. The average molecular weight is 241 g/mol. The molecule has 1 rings (SSSR count). The smallest absolute Gasteiger partial charge is 0.307 e. The second-order valence-electron chi connectivity index (χ2n) is 6.08. The molecule has 0 aromatic rings. The lowest BCUT2D eigenvalue weighted by atomic mass is 9.72. The first-order chi connectivity index (χ1) is 7.88. The van der Waals surface area contributed by atoms with E-state index in [1.54, 1.807) is 6.92 Å². The van der Waals surface area contributed by atoms with Crippen molar-refractivity contribution in [2.45, 2.75) is 59.4 Å². The van der Waals surface area contributed by atoms with Crippen molar-refractivity contribution >= 4 is 5.97 Å². The molecule has 1 aliphatic rings. The zero-order valence-corrected chi connectivity index (χ0v) is 11.7. The normalized spacial score (nSPS) is 25.8. The van der Waals surface area contributed by atoms with Crippen molar-refractivity contribution in [2.75, 3.05) is 13.1 Å². The van der Waals surface area contributed by atoms with Gasteiger partial charge in [0.2, 0.25) is 0 Å². The molecule has 0 aromatic heterocycles. The predicted octanol–water partition coefficient (Wildman–Crippen LogP) is 3.00. The maximum Gasteiger partial charge on any atom is 0.307 e. The molecular formula is C14H27NO2. The van der Waals surface area contributed by atoms with Crippen LogP contribution in [0.5, 0.6) is 0 Å². The number of rotatable bonds is 5. The second-order valence-corrected chi connectivity index (χ2v) is 6.08. The van der Waals surface area contributed by atoms with Crippen molar-refractivity contribution in [3.05, 3.63) is 0 Å². The van der Waals surface area contributed by atoms with Crippen LogP contribution in [0, 0.1) is 11.3 Å². The number of hydrogen-bond acceptors (Lipinski definition) is 2. The summed E-state index contributed by atoms with van der Waals surface area (Å²) in [6, 6.07) is 0.544. The summed E-state index contributed by atoms with van der Waals surface area (Å²) >= 11 is 0. The van der Waals surface area contributed by atoms with E-state index >= 15 is 0 Å². The monoisotopic (exact) mass is 241 g/mol. The van der Waals surface area contributed by atoms with Crippen LogP contribution >= 0.6 is 0 Å². The lowest BCUT2D eigenvalue weighted by Gasteiger charge is -2.45. The van der Waals surface area contributed by atoms with Crippen molar-refractivity contribution in [3.63, 3.8) is 0 Å². The Balaban J connectivity index is 2.68. The summed E-state index contributed by atoms with van der Waals surface area (Å²) in [5.41, 5.74) is 0.326. The third-order valence-electron chi connectivity index (χ3n) is 4.23. The first kappa shape index (κ1) is 14.5. The fourth-order valence-corrected chi connectivity index (χ4v) is 3.06. The molecule has 1 N–H and O–H groups in total. The highest BCUT2D eigenvalue weighted by Crippen LogP contribution is 2.38. The topological polar surface area (TPSA) is 40.5 Å². The molecule has 0 aliphatic heterocycles. The fraction of sp³-hybridized carbons (Fsp3) is 0.929. The van der Waals surface area contributed by atoms with E-state index in [1.165, 1.54) is 25.7 Å². The van der Waals surface area contributed by atoms with Crippen LogP contribution in [-0.4, -0.2) is 35.1 Å². The van der Waals surface area contributed by atoms with E-state index in [0.717, 1.165) is 6.54 Å². The molecule has 0 spiro atoms. The standard InChI is InChI=1S/C14H27NO2/c1-5-15(10-11(2)13(16)17)12-8-6-7-9-14(12,3)4/h11-12H,5-10H2,1-4H3,(H,16,17). The minimum atomic E-state index is -0.683. The number of aliphatic carboxylic acids is 1. The summed E-state index contributed by atoms with van der Waals surface area (Å²) in [7, 11) is 0. The van der Waals surface area contributed by atoms with E-state index < -0.39 is 5.97 Å². The van der Waals surface area contributed by atoms with Gasteiger partial charge in [0.05, 0.1) is 5.92 Å². The molecular weight excluding hydrogens is 214 g/mol. The average Bonchev–Trinajstić information content (AvgIpc) is 2.25. The number of carboxylic acid groups (broad SMARTS) is 1. The molecule has 3 heteroatoms. The Morgan fingerprint density at radius 2 is 2.12 bits per heavy atom. The Morgan fingerprint density at radius 3 is 2.59 bits per heavy atom. The molecule has 3 nitrogen and oxygen atoms in total. The molecule has 0 radical (unpaired) electrons. The predicted molar refractivity (Wildman–Crippen MR) is 70.1 cm³/mol. The number of carbonyl (C=O) groups is 1. The first-order valence-corrected chi connectivity index (χ1v) is 6.85. The van der Waals surface area contributed by atoms with Crippen LogP contribution in [0.2, 0.25) is 0 Å². The minimum absolute atomic E-state index is 0.271. The van der Waals surface area contributed by atoms with Crippen LogP contribution in [0.3, 0.4) is 0 Å². The summed E-state index contributed by atoms with van der Waals surface area (Å²) < 4.78 is 0. The highest BCUT2D eigenvalue weighted by Gasteiger charge is 2.36. The van der Waals surface area contributed by atoms with Gasteiger partial charge in [0.25, 0.3) is 0 Å². The Bertz CT molecular complexity index is 263. The summed E-state index contributed by atoms with van der Waals surface area (Å²) in [6.45, 7) is 10.2. The third kappa shape index (κ3) is 3.70. The Morgan fingerprint density at radius 1 is 1.47 bits per heavy atom. The van der Waals surface area contributed by atoms with Gasteiger partial charge in [-0.25, -0.2) is 0 Å². The van der Waals surface area contributed by atoms with Gasteiger partial charge in [-0.3, -0.25) is 9.69 Å². The van der Waals surface area contributed by atoms with Gasteiger partial charge in [-0.1, -0.05) is 40.5 Å². The number of nitrogens with zero attached hydrogens (tertiary/aromatic N) is 1. The van der Waals surface area contributed by atoms with E-state index in [0.29, 0.717) is 18.0 Å². The van der Waals surface area contributed by atoms with Crippen molar-refractivity contribution in [1.82, 2.24) is 4.90 Å². The van der Waals surface area contributed by atoms with Gasteiger partial charge in [0.15, 0.2) is 0 Å². The van der Waals surface area contributed by atoms with Crippen LogP contribution in [-0.2, 0) is 4.79 Å². The molecule has 0 bridgehead atoms. The summed E-state index contributed by atoms with van der Waals surface area (Å²) in [6.07, 6.45) is 5.07. The third-order valence-corrected chi connectivity index (χ3v) is 4.23. The molecule has 1 aliphatic carbocycles. The van der Waals surface area contributed by atoms with Gasteiger partial charge in [-0.2, -0.15) is 0 Å². The molecule has 0 amide bonds. The van der Waals surface area contributed by atoms with E-state index in [2.05, 4.69) is 25.7 Å². The molecule has 1 fully saturated rings.